The number of fused-ring (bicyclic) bond motifs is 5. The van der Waals surface area contributed by atoms with E-state index in [1.54, 1.807) is 0 Å². The average molecular weight is 683 g/mol. The first-order valence-corrected chi connectivity index (χ1v) is 18.0. The topological polar surface area (TPSA) is 72.9 Å². The van der Waals surface area contributed by atoms with Crippen LogP contribution in [0, 0.1) is 0 Å². The molecular formula is C47H34N6. The number of pyridine rings is 1. The molecule has 0 aliphatic carbocycles. The molecule has 0 bridgehead atoms. The molecule has 0 fully saturated rings. The number of benzene rings is 6. The third-order valence-electron chi connectivity index (χ3n) is 10.2. The van der Waals surface area contributed by atoms with E-state index in [-0.39, 0.29) is 0 Å². The maximum atomic E-state index is 6.62. The Labute approximate surface area is 306 Å². The lowest BCUT2D eigenvalue weighted by Gasteiger charge is -2.26. The molecule has 252 valence electrons. The van der Waals surface area contributed by atoms with E-state index in [0.717, 1.165) is 78.6 Å². The molecule has 0 spiro atoms. The van der Waals surface area contributed by atoms with Crippen LogP contribution in [-0.4, -0.2) is 19.5 Å². The van der Waals surface area contributed by atoms with Gasteiger partial charge in [-0.1, -0.05) is 122 Å². The Bertz CT molecular complexity index is 2880. The minimum absolute atomic E-state index is 0.622. The Morgan fingerprint density at radius 2 is 1.42 bits per heavy atom. The molecule has 2 N–H and O–H groups in total. The van der Waals surface area contributed by atoms with E-state index in [4.69, 9.17) is 20.7 Å². The number of nitrogens with zero attached hydrogens (tertiary/aromatic N) is 5. The van der Waals surface area contributed by atoms with Crippen molar-refractivity contribution in [3.63, 3.8) is 0 Å². The van der Waals surface area contributed by atoms with Gasteiger partial charge in [-0.2, -0.15) is 0 Å². The smallest absolute Gasteiger partial charge is 0.235 e. The average Bonchev–Trinajstić information content (AvgIpc) is 3.55. The van der Waals surface area contributed by atoms with Crippen molar-refractivity contribution < 1.29 is 0 Å². The number of nitrogen functional groups attached to an aromatic ring is 1. The second kappa shape index (κ2) is 12.3. The van der Waals surface area contributed by atoms with Crippen LogP contribution in [-0.2, 0) is 0 Å². The molecule has 10 rings (SSSR count). The summed E-state index contributed by atoms with van der Waals surface area (Å²) in [4.78, 5) is 17.4. The third-order valence-corrected chi connectivity index (χ3v) is 10.2. The number of rotatable bonds is 6. The number of para-hydroxylation sites is 1. The fraction of sp³-hybridized carbons (Fsp3) is 0.0426. The monoisotopic (exact) mass is 682 g/mol. The number of anilines is 3. The van der Waals surface area contributed by atoms with E-state index in [1.165, 1.54) is 16.3 Å². The lowest BCUT2D eigenvalue weighted by atomic mass is 9.95. The van der Waals surface area contributed by atoms with Crippen molar-refractivity contribution in [1.82, 2.24) is 19.5 Å². The van der Waals surface area contributed by atoms with Gasteiger partial charge in [-0.15, -0.1) is 0 Å². The summed E-state index contributed by atoms with van der Waals surface area (Å²) in [5.41, 5.74) is 18.4. The van der Waals surface area contributed by atoms with Crippen molar-refractivity contribution in [2.45, 2.75) is 13.3 Å². The summed E-state index contributed by atoms with van der Waals surface area (Å²) in [6.07, 6.45) is 11.4. The van der Waals surface area contributed by atoms with Gasteiger partial charge in [0, 0.05) is 38.9 Å². The van der Waals surface area contributed by atoms with Crippen molar-refractivity contribution in [1.29, 1.82) is 0 Å². The zero-order chi connectivity index (χ0) is 35.5. The molecule has 1 aliphatic heterocycles. The zero-order valence-corrected chi connectivity index (χ0v) is 29.1. The van der Waals surface area contributed by atoms with Crippen molar-refractivity contribution >= 4 is 73.0 Å². The Hall–Kier alpha value is -7.05. The van der Waals surface area contributed by atoms with Crippen LogP contribution in [0.4, 0.5) is 17.3 Å². The van der Waals surface area contributed by atoms with Gasteiger partial charge in [0.2, 0.25) is 5.95 Å². The van der Waals surface area contributed by atoms with Crippen LogP contribution < -0.4 is 10.6 Å². The highest BCUT2D eigenvalue weighted by Gasteiger charge is 2.25. The summed E-state index contributed by atoms with van der Waals surface area (Å²) in [6.45, 7) is 2.12. The SMILES string of the molecule is CC/C=C\c1ccc2cc(-n3c4ccccc4c4c5c6c(cccc6cc43)N(c3nc(-c4ccccc4)cc(-c4ccccc4)n3)C=C5)cnc2c1N. The predicted octanol–water partition coefficient (Wildman–Crippen LogP) is 11.7. The van der Waals surface area contributed by atoms with Crippen molar-refractivity contribution in [2.24, 2.45) is 0 Å². The molecule has 0 unspecified atom stereocenters. The van der Waals surface area contributed by atoms with Gasteiger partial charge in [-0.25, -0.2) is 9.97 Å². The van der Waals surface area contributed by atoms with Crippen molar-refractivity contribution in [2.75, 3.05) is 10.6 Å². The molecule has 3 aromatic heterocycles. The first kappa shape index (κ1) is 30.7. The second-order valence-corrected chi connectivity index (χ2v) is 13.4. The quantitative estimate of drug-likeness (QED) is 0.177. The molecule has 0 amide bonds. The van der Waals surface area contributed by atoms with E-state index in [9.17, 15) is 0 Å². The van der Waals surface area contributed by atoms with E-state index in [0.29, 0.717) is 11.6 Å². The number of hydrogen-bond acceptors (Lipinski definition) is 5. The number of hydrogen-bond donors (Lipinski definition) is 1. The maximum Gasteiger partial charge on any atom is 0.235 e. The molecule has 6 aromatic carbocycles. The van der Waals surface area contributed by atoms with Crippen LogP contribution in [0.15, 0.2) is 152 Å². The minimum atomic E-state index is 0.622. The Kier molecular flexibility index (Phi) is 7.15. The summed E-state index contributed by atoms with van der Waals surface area (Å²) >= 11 is 0. The molecule has 1 aliphatic rings. The van der Waals surface area contributed by atoms with E-state index in [2.05, 4.69) is 138 Å². The largest absolute Gasteiger partial charge is 0.396 e. The molecule has 0 radical (unpaired) electrons. The van der Waals surface area contributed by atoms with Gasteiger partial charge in [-0.05, 0) is 59.3 Å². The van der Waals surface area contributed by atoms with E-state index >= 15 is 0 Å². The number of allylic oxidation sites excluding steroid dienone is 1. The van der Waals surface area contributed by atoms with Crippen molar-refractivity contribution in [3.8, 4) is 28.2 Å². The molecule has 6 heteroatoms. The molecule has 4 heterocycles. The number of aromatic nitrogens is 4. The van der Waals surface area contributed by atoms with Crippen LogP contribution in [0.1, 0.15) is 24.5 Å². The highest BCUT2D eigenvalue weighted by Crippen LogP contribution is 2.45. The Balaban J connectivity index is 1.17. The van der Waals surface area contributed by atoms with Gasteiger partial charge in [-0.3, -0.25) is 9.88 Å². The van der Waals surface area contributed by atoms with Gasteiger partial charge in [0.15, 0.2) is 0 Å². The molecule has 9 aromatic rings. The zero-order valence-electron chi connectivity index (χ0n) is 29.1. The minimum Gasteiger partial charge on any atom is -0.396 e. The second-order valence-electron chi connectivity index (χ2n) is 13.4. The normalized spacial score (nSPS) is 12.6. The van der Waals surface area contributed by atoms with Gasteiger partial charge in [0.1, 0.15) is 0 Å². The molecule has 0 saturated heterocycles. The van der Waals surface area contributed by atoms with Crippen molar-refractivity contribution in [3.05, 3.63) is 163 Å². The van der Waals surface area contributed by atoms with Gasteiger partial charge in [0.25, 0.3) is 0 Å². The number of nitrogens with two attached hydrogens (primary N) is 1. The first-order chi connectivity index (χ1) is 26.2. The lowest BCUT2D eigenvalue weighted by Crippen LogP contribution is -2.16. The molecule has 53 heavy (non-hydrogen) atoms. The molecule has 6 nitrogen and oxygen atoms in total. The van der Waals surface area contributed by atoms with E-state index < -0.39 is 0 Å². The summed E-state index contributed by atoms with van der Waals surface area (Å²) in [5, 5.41) is 5.68. The van der Waals surface area contributed by atoms with Gasteiger partial charge < -0.3 is 10.3 Å². The molecular weight excluding hydrogens is 649 g/mol. The summed E-state index contributed by atoms with van der Waals surface area (Å²) < 4.78 is 2.33. The fourth-order valence-corrected chi connectivity index (χ4v) is 7.77. The summed E-state index contributed by atoms with van der Waals surface area (Å²) in [6, 6.07) is 46.5. The Morgan fingerprint density at radius 1 is 0.679 bits per heavy atom. The lowest BCUT2D eigenvalue weighted by molar-refractivity contribution is 1.09. The standard InChI is InChI=1S/C47H34N6/c1-2-3-13-32-22-23-34-26-35(29-49-46(34)45(32)48)53-40-20-11-10-19-36(40)44-37-24-25-52(41-21-12-18-33(43(37)41)27-42(44)53)47-50-38(30-14-6-4-7-15-30)28-39(51-47)31-16-8-5-9-17-31/h3-29H,2,48H2,1H3/b13-3-. The van der Waals surface area contributed by atoms with Crippen LogP contribution in [0.3, 0.4) is 0 Å². The van der Waals surface area contributed by atoms with Crippen LogP contribution in [0.25, 0.3) is 83.8 Å². The van der Waals surface area contributed by atoms with Gasteiger partial charge >= 0.3 is 0 Å². The summed E-state index contributed by atoms with van der Waals surface area (Å²) in [5.74, 6) is 0.622. The summed E-state index contributed by atoms with van der Waals surface area (Å²) in [7, 11) is 0. The highest BCUT2D eigenvalue weighted by atomic mass is 15.2. The first-order valence-electron chi connectivity index (χ1n) is 18.0. The van der Waals surface area contributed by atoms with E-state index in [1.807, 2.05) is 42.6 Å². The maximum absolute atomic E-state index is 6.62. The predicted molar refractivity (Wildman–Crippen MR) is 221 cm³/mol. The third kappa shape index (κ3) is 4.99. The van der Waals surface area contributed by atoms with Crippen LogP contribution in [0.2, 0.25) is 0 Å². The van der Waals surface area contributed by atoms with Crippen LogP contribution in [0.5, 0.6) is 0 Å². The van der Waals surface area contributed by atoms with Gasteiger partial charge in [0.05, 0.1) is 51.2 Å². The fourth-order valence-electron chi connectivity index (χ4n) is 7.77. The Morgan fingerprint density at radius 3 is 2.17 bits per heavy atom. The molecule has 0 saturated carbocycles. The highest BCUT2D eigenvalue weighted by molar-refractivity contribution is 6.22. The molecule has 0 atom stereocenters. The van der Waals surface area contributed by atoms with Crippen LogP contribution >= 0.6 is 0 Å².